The predicted molar refractivity (Wildman–Crippen MR) is 92.0 cm³/mol. The van der Waals surface area contributed by atoms with Gasteiger partial charge in [-0.3, -0.25) is 0 Å². The summed E-state index contributed by atoms with van der Waals surface area (Å²) in [5.41, 5.74) is 1.18. The minimum atomic E-state index is -0.0598. The molecule has 0 bridgehead atoms. The van der Waals surface area contributed by atoms with E-state index < -0.39 is 0 Å². The molecule has 0 radical (unpaired) electrons. The molecule has 1 saturated heterocycles. The normalized spacial score (nSPS) is 24.4. The fourth-order valence-corrected chi connectivity index (χ4v) is 4.22. The first-order chi connectivity index (χ1) is 11.2. The molecule has 2 aliphatic rings. The SMILES string of the molecule is CCc1nc(CCNC(=O)N[C@@H]2CCO[C@H](C3CC3)C2)sc1C. The van der Waals surface area contributed by atoms with Crippen molar-refractivity contribution in [2.75, 3.05) is 13.2 Å². The highest BCUT2D eigenvalue weighted by Crippen LogP contribution is 2.38. The molecule has 2 N–H and O–H groups in total. The standard InChI is InChI=1S/C17H27N3O2S/c1-3-14-11(2)23-16(20-14)6-8-18-17(21)19-13-7-9-22-15(10-13)12-4-5-12/h12-13,15H,3-10H2,1-2H3,(H2,18,19,21)/t13-,15+/m1/s1. The van der Waals surface area contributed by atoms with E-state index in [1.165, 1.54) is 23.4 Å². The number of urea groups is 1. The smallest absolute Gasteiger partial charge is 0.315 e. The number of aryl methyl sites for hydroxylation is 2. The lowest BCUT2D eigenvalue weighted by atomic mass is 10.0. The number of nitrogens with zero attached hydrogens (tertiary/aromatic N) is 1. The molecule has 5 nitrogen and oxygen atoms in total. The van der Waals surface area contributed by atoms with Crippen molar-refractivity contribution in [1.82, 2.24) is 15.6 Å². The van der Waals surface area contributed by atoms with Crippen molar-refractivity contribution in [3.63, 3.8) is 0 Å². The molecule has 0 aromatic carbocycles. The van der Waals surface area contributed by atoms with Crippen molar-refractivity contribution < 1.29 is 9.53 Å². The van der Waals surface area contributed by atoms with E-state index >= 15 is 0 Å². The monoisotopic (exact) mass is 337 g/mol. The number of amides is 2. The highest BCUT2D eigenvalue weighted by atomic mass is 32.1. The van der Waals surface area contributed by atoms with Gasteiger partial charge in [0.25, 0.3) is 0 Å². The van der Waals surface area contributed by atoms with Gasteiger partial charge in [-0.1, -0.05) is 6.92 Å². The van der Waals surface area contributed by atoms with Crippen LogP contribution in [0.4, 0.5) is 4.79 Å². The number of carbonyl (C=O) groups is 1. The Morgan fingerprint density at radius 2 is 2.22 bits per heavy atom. The Hall–Kier alpha value is -1.14. The molecule has 0 unspecified atom stereocenters. The van der Waals surface area contributed by atoms with Gasteiger partial charge in [0.1, 0.15) is 0 Å². The van der Waals surface area contributed by atoms with Crippen LogP contribution in [0.25, 0.3) is 0 Å². The van der Waals surface area contributed by atoms with Gasteiger partial charge in [0.05, 0.1) is 16.8 Å². The van der Waals surface area contributed by atoms with E-state index in [1.807, 2.05) is 0 Å². The average Bonchev–Trinajstić information content (AvgIpc) is 3.32. The summed E-state index contributed by atoms with van der Waals surface area (Å²) < 4.78 is 5.80. The first-order valence-corrected chi connectivity index (χ1v) is 9.58. The molecule has 2 heterocycles. The van der Waals surface area contributed by atoms with Crippen LogP contribution in [0.5, 0.6) is 0 Å². The highest BCUT2D eigenvalue weighted by Gasteiger charge is 2.36. The van der Waals surface area contributed by atoms with Gasteiger partial charge in [-0.25, -0.2) is 9.78 Å². The van der Waals surface area contributed by atoms with Crippen LogP contribution < -0.4 is 10.6 Å². The maximum Gasteiger partial charge on any atom is 0.315 e. The fourth-order valence-electron chi connectivity index (χ4n) is 3.20. The van der Waals surface area contributed by atoms with Crippen LogP contribution in [0.2, 0.25) is 0 Å². The molecule has 3 rings (SSSR count). The molecular formula is C17H27N3O2S. The molecule has 1 aromatic heterocycles. The van der Waals surface area contributed by atoms with Crippen LogP contribution in [0.3, 0.4) is 0 Å². The Labute approximate surface area is 142 Å². The Morgan fingerprint density at radius 1 is 1.39 bits per heavy atom. The van der Waals surface area contributed by atoms with Gasteiger partial charge in [-0.15, -0.1) is 11.3 Å². The van der Waals surface area contributed by atoms with Gasteiger partial charge in [0, 0.05) is 30.5 Å². The summed E-state index contributed by atoms with van der Waals surface area (Å²) in [6, 6.07) is 0.193. The highest BCUT2D eigenvalue weighted by molar-refractivity contribution is 7.11. The zero-order valence-corrected chi connectivity index (χ0v) is 14.9. The molecule has 23 heavy (non-hydrogen) atoms. The molecule has 2 fully saturated rings. The third-order valence-corrected chi connectivity index (χ3v) is 5.77. The minimum absolute atomic E-state index is 0.0598. The second kappa shape index (κ2) is 7.62. The maximum absolute atomic E-state index is 12.0. The van der Waals surface area contributed by atoms with Crippen LogP contribution in [-0.2, 0) is 17.6 Å². The predicted octanol–water partition coefficient (Wildman–Crippen LogP) is 2.81. The largest absolute Gasteiger partial charge is 0.378 e. The zero-order valence-electron chi connectivity index (χ0n) is 14.1. The third kappa shape index (κ3) is 4.67. The number of aromatic nitrogens is 1. The van der Waals surface area contributed by atoms with Gasteiger partial charge < -0.3 is 15.4 Å². The van der Waals surface area contributed by atoms with E-state index in [1.54, 1.807) is 11.3 Å². The molecule has 2 atom stereocenters. The first kappa shape index (κ1) is 16.7. The number of thiazole rings is 1. The number of nitrogens with one attached hydrogen (secondary N) is 2. The molecule has 0 spiro atoms. The summed E-state index contributed by atoms with van der Waals surface area (Å²) in [4.78, 5) is 17.9. The molecule has 2 amide bonds. The molecule has 1 aliphatic carbocycles. The van der Waals surface area contributed by atoms with Crippen molar-refractivity contribution in [2.24, 2.45) is 5.92 Å². The van der Waals surface area contributed by atoms with E-state index in [4.69, 9.17) is 4.74 Å². The lowest BCUT2D eigenvalue weighted by molar-refractivity contribution is -0.00913. The fraction of sp³-hybridized carbons (Fsp3) is 0.765. The van der Waals surface area contributed by atoms with E-state index in [0.29, 0.717) is 12.6 Å². The van der Waals surface area contributed by atoms with Crippen molar-refractivity contribution >= 4 is 17.4 Å². The van der Waals surface area contributed by atoms with Crippen molar-refractivity contribution in [3.05, 3.63) is 15.6 Å². The number of hydrogen-bond donors (Lipinski definition) is 2. The van der Waals surface area contributed by atoms with E-state index in [9.17, 15) is 4.79 Å². The second-order valence-corrected chi connectivity index (χ2v) is 7.87. The van der Waals surface area contributed by atoms with E-state index in [-0.39, 0.29) is 12.1 Å². The average molecular weight is 337 g/mol. The number of rotatable bonds is 6. The first-order valence-electron chi connectivity index (χ1n) is 8.76. The van der Waals surface area contributed by atoms with Gasteiger partial charge in [-0.05, 0) is 44.9 Å². The molecule has 1 aliphatic heterocycles. The third-order valence-electron chi connectivity index (χ3n) is 4.69. The summed E-state index contributed by atoms with van der Waals surface area (Å²) >= 11 is 1.74. The number of carbonyl (C=O) groups excluding carboxylic acids is 1. The van der Waals surface area contributed by atoms with Crippen LogP contribution in [0.1, 0.15) is 48.2 Å². The lowest BCUT2D eigenvalue weighted by Crippen LogP contribution is -2.47. The Morgan fingerprint density at radius 3 is 2.91 bits per heavy atom. The summed E-state index contributed by atoms with van der Waals surface area (Å²) in [5, 5.41) is 7.17. The van der Waals surface area contributed by atoms with Gasteiger partial charge in [-0.2, -0.15) is 0 Å². The van der Waals surface area contributed by atoms with E-state index in [2.05, 4.69) is 29.5 Å². The molecule has 6 heteroatoms. The Balaban J connectivity index is 1.37. The van der Waals surface area contributed by atoms with Gasteiger partial charge >= 0.3 is 6.03 Å². The number of ether oxygens (including phenoxy) is 1. The topological polar surface area (TPSA) is 63.2 Å². The minimum Gasteiger partial charge on any atom is -0.378 e. The Bertz CT molecular complexity index is 542. The van der Waals surface area contributed by atoms with Crippen molar-refractivity contribution in [3.8, 4) is 0 Å². The van der Waals surface area contributed by atoms with Crippen LogP contribution >= 0.6 is 11.3 Å². The summed E-state index contributed by atoms with van der Waals surface area (Å²) in [6.45, 7) is 5.64. The Kier molecular flexibility index (Phi) is 5.54. The van der Waals surface area contributed by atoms with Gasteiger partial charge in [0.2, 0.25) is 0 Å². The molecular weight excluding hydrogens is 310 g/mol. The summed E-state index contributed by atoms with van der Waals surface area (Å²) in [6.07, 6.45) is 6.60. The van der Waals surface area contributed by atoms with Crippen LogP contribution in [0.15, 0.2) is 0 Å². The second-order valence-electron chi connectivity index (χ2n) is 6.58. The summed E-state index contributed by atoms with van der Waals surface area (Å²) in [5.74, 6) is 0.739. The molecule has 1 saturated carbocycles. The quantitative estimate of drug-likeness (QED) is 0.839. The van der Waals surface area contributed by atoms with Crippen LogP contribution in [0, 0.1) is 12.8 Å². The van der Waals surface area contributed by atoms with Crippen molar-refractivity contribution in [2.45, 2.75) is 64.5 Å². The summed E-state index contributed by atoms with van der Waals surface area (Å²) in [7, 11) is 0. The van der Waals surface area contributed by atoms with E-state index in [0.717, 1.165) is 43.2 Å². The van der Waals surface area contributed by atoms with Crippen LogP contribution in [-0.4, -0.2) is 36.3 Å². The van der Waals surface area contributed by atoms with Crippen molar-refractivity contribution in [1.29, 1.82) is 0 Å². The maximum atomic E-state index is 12.0. The lowest BCUT2D eigenvalue weighted by Gasteiger charge is -2.30. The number of hydrogen-bond acceptors (Lipinski definition) is 4. The van der Waals surface area contributed by atoms with Gasteiger partial charge in [0.15, 0.2) is 0 Å². The zero-order chi connectivity index (χ0) is 16.2. The molecule has 128 valence electrons. The molecule has 1 aromatic rings.